The number of aromatic hydroxyl groups is 1. The number of benzene rings is 1. The Labute approximate surface area is 116 Å². The Morgan fingerprint density at radius 1 is 1.45 bits per heavy atom. The van der Waals surface area contributed by atoms with E-state index < -0.39 is 6.04 Å². The summed E-state index contributed by atoms with van der Waals surface area (Å²) in [5.74, 6) is 0.570. The zero-order chi connectivity index (χ0) is 14.1. The van der Waals surface area contributed by atoms with Crippen LogP contribution in [0.4, 0.5) is 0 Å². The second-order valence-electron chi connectivity index (χ2n) is 4.94. The van der Waals surface area contributed by atoms with Gasteiger partial charge in [-0.15, -0.1) is 0 Å². The van der Waals surface area contributed by atoms with Crippen molar-refractivity contribution < 1.29 is 14.6 Å². The molecule has 0 radical (unpaired) electrons. The molecule has 0 bridgehead atoms. The zero-order valence-electron chi connectivity index (χ0n) is 11.2. The predicted octanol–water partition coefficient (Wildman–Crippen LogP) is 2.57. The number of hydrogen-bond donors (Lipinski definition) is 1. The Morgan fingerprint density at radius 2 is 2.30 bits per heavy atom. The van der Waals surface area contributed by atoms with Crippen molar-refractivity contribution in [3.63, 3.8) is 0 Å². The quantitative estimate of drug-likeness (QED) is 0.932. The van der Waals surface area contributed by atoms with Crippen molar-refractivity contribution in [2.24, 2.45) is 0 Å². The van der Waals surface area contributed by atoms with Gasteiger partial charge >= 0.3 is 0 Å². The van der Waals surface area contributed by atoms with Crippen molar-refractivity contribution in [1.82, 2.24) is 9.55 Å². The highest BCUT2D eigenvalue weighted by Gasteiger charge is 2.37. The van der Waals surface area contributed by atoms with Crippen molar-refractivity contribution >= 4 is 5.78 Å². The summed E-state index contributed by atoms with van der Waals surface area (Å²) in [5, 5.41) is 9.57. The van der Waals surface area contributed by atoms with Crippen LogP contribution in [-0.4, -0.2) is 26.5 Å². The van der Waals surface area contributed by atoms with E-state index in [0.717, 1.165) is 12.8 Å². The normalized spacial score (nSPS) is 21.4. The molecule has 1 aromatic carbocycles. The minimum Gasteiger partial charge on any atom is -0.508 e. The van der Waals surface area contributed by atoms with Gasteiger partial charge in [-0.05, 0) is 24.6 Å². The first kappa shape index (κ1) is 12.7. The van der Waals surface area contributed by atoms with Gasteiger partial charge in [0, 0.05) is 12.4 Å². The van der Waals surface area contributed by atoms with Crippen molar-refractivity contribution in [3.05, 3.63) is 42.5 Å². The van der Waals surface area contributed by atoms with Crippen LogP contribution in [0.5, 0.6) is 11.5 Å². The van der Waals surface area contributed by atoms with E-state index in [4.69, 9.17) is 4.74 Å². The van der Waals surface area contributed by atoms with Gasteiger partial charge in [-0.3, -0.25) is 4.79 Å². The van der Waals surface area contributed by atoms with E-state index in [-0.39, 0.29) is 17.6 Å². The Kier molecular flexibility index (Phi) is 3.18. The van der Waals surface area contributed by atoms with Gasteiger partial charge in [0.05, 0.1) is 11.9 Å². The largest absolute Gasteiger partial charge is 0.508 e. The molecule has 1 aliphatic heterocycles. The van der Waals surface area contributed by atoms with E-state index >= 15 is 0 Å². The van der Waals surface area contributed by atoms with Crippen LogP contribution >= 0.6 is 0 Å². The van der Waals surface area contributed by atoms with E-state index in [0.29, 0.717) is 11.3 Å². The minimum atomic E-state index is -0.424. The summed E-state index contributed by atoms with van der Waals surface area (Å²) in [6.45, 7) is 2.06. The molecule has 0 saturated heterocycles. The number of hydrogen-bond acceptors (Lipinski definition) is 4. The predicted molar refractivity (Wildman–Crippen MR) is 73.0 cm³/mol. The van der Waals surface area contributed by atoms with E-state index in [9.17, 15) is 9.90 Å². The molecule has 2 heterocycles. The van der Waals surface area contributed by atoms with Crippen LogP contribution < -0.4 is 4.74 Å². The summed E-state index contributed by atoms with van der Waals surface area (Å²) in [4.78, 5) is 16.7. The fraction of sp³-hybridized carbons (Fsp3) is 0.333. The van der Waals surface area contributed by atoms with Crippen LogP contribution in [-0.2, 0) is 0 Å². The Hall–Kier alpha value is -2.30. The number of Topliss-reactive ketones (excluding diaryl/α,β-unsaturated/α-hetero) is 1. The number of ketones is 1. The number of phenols is 1. The lowest BCUT2D eigenvalue weighted by Gasteiger charge is -2.33. The zero-order valence-corrected chi connectivity index (χ0v) is 11.2. The van der Waals surface area contributed by atoms with Crippen LogP contribution in [0.3, 0.4) is 0 Å². The highest BCUT2D eigenvalue weighted by molar-refractivity contribution is 6.03. The second-order valence-corrected chi connectivity index (χ2v) is 4.94. The molecule has 104 valence electrons. The fourth-order valence-electron chi connectivity index (χ4n) is 2.63. The molecule has 1 unspecified atom stereocenters. The number of imidazole rings is 1. The van der Waals surface area contributed by atoms with E-state index in [1.807, 2.05) is 0 Å². The molecule has 5 nitrogen and oxygen atoms in total. The smallest absolute Gasteiger partial charge is 0.193 e. The first-order valence-corrected chi connectivity index (χ1v) is 6.72. The van der Waals surface area contributed by atoms with Crippen molar-refractivity contribution in [3.8, 4) is 11.5 Å². The van der Waals surface area contributed by atoms with Crippen molar-refractivity contribution in [2.45, 2.75) is 31.9 Å². The van der Waals surface area contributed by atoms with E-state index in [1.54, 1.807) is 29.4 Å². The summed E-state index contributed by atoms with van der Waals surface area (Å²) < 4.78 is 7.73. The molecule has 0 fully saturated rings. The van der Waals surface area contributed by atoms with Gasteiger partial charge in [-0.25, -0.2) is 4.98 Å². The van der Waals surface area contributed by atoms with Crippen LogP contribution in [0.15, 0.2) is 36.9 Å². The number of fused-ring (bicyclic) bond motifs is 1. The molecule has 20 heavy (non-hydrogen) atoms. The molecule has 0 spiro atoms. The SMILES string of the molecule is CCC[C@@H]1Oc2ccc(O)cc2C(=O)C1n1ccnc1. The number of rotatable bonds is 3. The highest BCUT2D eigenvalue weighted by Crippen LogP contribution is 2.36. The summed E-state index contributed by atoms with van der Waals surface area (Å²) in [5.41, 5.74) is 0.427. The third kappa shape index (κ3) is 2.05. The maximum absolute atomic E-state index is 12.7. The monoisotopic (exact) mass is 272 g/mol. The van der Waals surface area contributed by atoms with E-state index in [2.05, 4.69) is 11.9 Å². The van der Waals surface area contributed by atoms with Gasteiger partial charge in [0.25, 0.3) is 0 Å². The average Bonchev–Trinajstić information content (AvgIpc) is 2.94. The highest BCUT2D eigenvalue weighted by atomic mass is 16.5. The van der Waals surface area contributed by atoms with Gasteiger partial charge in [0.15, 0.2) is 5.78 Å². The molecule has 1 N–H and O–H groups in total. The first-order chi connectivity index (χ1) is 9.70. The number of phenolic OH excluding ortho intramolecular Hbond substituents is 1. The summed E-state index contributed by atoms with van der Waals surface area (Å²) in [6, 6.07) is 4.22. The third-order valence-corrected chi connectivity index (χ3v) is 3.55. The number of carbonyl (C=O) groups excluding carboxylic acids is 1. The van der Waals surface area contributed by atoms with Gasteiger partial charge in [0.1, 0.15) is 23.6 Å². The molecule has 2 aromatic rings. The molecular weight excluding hydrogens is 256 g/mol. The van der Waals surface area contributed by atoms with Crippen LogP contribution in [0.1, 0.15) is 36.2 Å². The average molecular weight is 272 g/mol. The number of ether oxygens (including phenoxy) is 1. The van der Waals surface area contributed by atoms with Crippen molar-refractivity contribution in [1.29, 1.82) is 0 Å². The molecule has 3 rings (SSSR count). The maximum Gasteiger partial charge on any atom is 0.193 e. The molecule has 0 aliphatic carbocycles. The minimum absolute atomic E-state index is 0.0430. The van der Waals surface area contributed by atoms with Crippen LogP contribution in [0.25, 0.3) is 0 Å². The number of carbonyl (C=O) groups is 1. The lowest BCUT2D eigenvalue weighted by atomic mass is 9.93. The standard InChI is InChI=1S/C15H16N2O3/c1-2-3-13-14(17-7-6-16-9-17)15(19)11-8-10(18)4-5-12(11)20-13/h4-9,13-14,18H,2-3H2,1H3/t13-,14?/m0/s1. The number of aromatic nitrogens is 2. The van der Waals surface area contributed by atoms with Gasteiger partial charge in [0.2, 0.25) is 0 Å². The molecule has 0 amide bonds. The summed E-state index contributed by atoms with van der Waals surface area (Å²) in [7, 11) is 0. The summed E-state index contributed by atoms with van der Waals surface area (Å²) >= 11 is 0. The topological polar surface area (TPSA) is 64.3 Å². The Bertz CT molecular complexity index is 622. The molecule has 2 atom stereocenters. The fourth-order valence-corrected chi connectivity index (χ4v) is 2.63. The Balaban J connectivity index is 2.05. The molecule has 0 saturated carbocycles. The molecular formula is C15H16N2O3. The maximum atomic E-state index is 12.7. The Morgan fingerprint density at radius 3 is 3.00 bits per heavy atom. The lowest BCUT2D eigenvalue weighted by Crippen LogP contribution is -2.39. The molecule has 1 aliphatic rings. The van der Waals surface area contributed by atoms with Crippen LogP contribution in [0.2, 0.25) is 0 Å². The lowest BCUT2D eigenvalue weighted by molar-refractivity contribution is 0.0655. The van der Waals surface area contributed by atoms with Crippen LogP contribution in [0, 0.1) is 0 Å². The summed E-state index contributed by atoms with van der Waals surface area (Å²) in [6.07, 6.45) is 6.54. The third-order valence-electron chi connectivity index (χ3n) is 3.55. The van der Waals surface area contributed by atoms with Gasteiger partial charge in [-0.1, -0.05) is 13.3 Å². The van der Waals surface area contributed by atoms with E-state index in [1.165, 1.54) is 12.1 Å². The molecule has 1 aromatic heterocycles. The second kappa shape index (κ2) is 5.00. The number of nitrogens with zero attached hydrogens (tertiary/aromatic N) is 2. The van der Waals surface area contributed by atoms with Gasteiger partial charge in [-0.2, -0.15) is 0 Å². The van der Waals surface area contributed by atoms with Crippen molar-refractivity contribution in [2.75, 3.05) is 0 Å². The molecule has 5 heteroatoms. The first-order valence-electron chi connectivity index (χ1n) is 6.72. The van der Waals surface area contributed by atoms with Gasteiger partial charge < -0.3 is 14.4 Å².